The lowest BCUT2D eigenvalue weighted by Gasteiger charge is -1.94. The molecule has 6 heteroatoms. The standard InChI is InChI=1S/C12H6BrCl2N3/c13-6-1-2-9(16-5-6)12-17-10-3-7(14)8(15)4-11(10)18-12/h1-5H,(H,17,18). The lowest BCUT2D eigenvalue weighted by molar-refractivity contribution is 1.23. The summed E-state index contributed by atoms with van der Waals surface area (Å²) < 4.78 is 0.924. The van der Waals surface area contributed by atoms with Crippen molar-refractivity contribution >= 4 is 50.2 Å². The van der Waals surface area contributed by atoms with E-state index in [1.807, 2.05) is 12.1 Å². The summed E-state index contributed by atoms with van der Waals surface area (Å²) in [4.78, 5) is 11.9. The minimum absolute atomic E-state index is 0.492. The Kier molecular flexibility index (Phi) is 3.01. The first-order chi connectivity index (χ1) is 8.63. The van der Waals surface area contributed by atoms with Gasteiger partial charge in [-0.3, -0.25) is 4.98 Å². The number of aromatic amines is 1. The van der Waals surface area contributed by atoms with Crippen LogP contribution in [0.3, 0.4) is 0 Å². The number of benzene rings is 1. The van der Waals surface area contributed by atoms with Crippen molar-refractivity contribution in [3.05, 3.63) is 45.0 Å². The summed E-state index contributed by atoms with van der Waals surface area (Å²) in [5.41, 5.74) is 2.37. The lowest BCUT2D eigenvalue weighted by atomic mass is 10.3. The summed E-state index contributed by atoms with van der Waals surface area (Å²) in [5, 5.41) is 0.995. The van der Waals surface area contributed by atoms with Crippen molar-refractivity contribution in [1.82, 2.24) is 15.0 Å². The van der Waals surface area contributed by atoms with Gasteiger partial charge in [0.15, 0.2) is 5.82 Å². The molecule has 3 nitrogen and oxygen atoms in total. The van der Waals surface area contributed by atoms with Gasteiger partial charge >= 0.3 is 0 Å². The zero-order chi connectivity index (χ0) is 12.7. The van der Waals surface area contributed by atoms with Crippen LogP contribution in [0.25, 0.3) is 22.6 Å². The van der Waals surface area contributed by atoms with E-state index >= 15 is 0 Å². The topological polar surface area (TPSA) is 41.6 Å². The molecule has 18 heavy (non-hydrogen) atoms. The maximum atomic E-state index is 5.96. The molecule has 0 radical (unpaired) electrons. The quantitative estimate of drug-likeness (QED) is 0.696. The van der Waals surface area contributed by atoms with E-state index in [4.69, 9.17) is 23.2 Å². The Morgan fingerprint density at radius 2 is 1.89 bits per heavy atom. The number of nitrogens with one attached hydrogen (secondary N) is 1. The van der Waals surface area contributed by atoms with Gasteiger partial charge in [-0.15, -0.1) is 0 Å². The van der Waals surface area contributed by atoms with Gasteiger partial charge in [0.2, 0.25) is 0 Å². The van der Waals surface area contributed by atoms with Gasteiger partial charge in [-0.05, 0) is 40.2 Å². The molecular formula is C12H6BrCl2N3. The summed E-state index contributed by atoms with van der Waals surface area (Å²) in [7, 11) is 0. The summed E-state index contributed by atoms with van der Waals surface area (Å²) >= 11 is 15.3. The molecule has 0 saturated heterocycles. The van der Waals surface area contributed by atoms with Gasteiger partial charge in [0, 0.05) is 10.7 Å². The van der Waals surface area contributed by atoms with Crippen LogP contribution < -0.4 is 0 Å². The van der Waals surface area contributed by atoms with Gasteiger partial charge in [-0.1, -0.05) is 23.2 Å². The largest absolute Gasteiger partial charge is 0.337 e. The van der Waals surface area contributed by atoms with Gasteiger partial charge in [0.1, 0.15) is 5.69 Å². The van der Waals surface area contributed by atoms with Gasteiger partial charge in [-0.2, -0.15) is 0 Å². The molecule has 0 bridgehead atoms. The molecule has 0 amide bonds. The smallest absolute Gasteiger partial charge is 0.157 e. The van der Waals surface area contributed by atoms with E-state index in [2.05, 4.69) is 30.9 Å². The summed E-state index contributed by atoms with van der Waals surface area (Å²) in [6, 6.07) is 7.28. The molecule has 0 saturated carbocycles. The van der Waals surface area contributed by atoms with Gasteiger partial charge in [-0.25, -0.2) is 4.98 Å². The molecule has 0 aliphatic rings. The Morgan fingerprint density at radius 1 is 1.11 bits per heavy atom. The fourth-order valence-electron chi connectivity index (χ4n) is 1.64. The Hall–Kier alpha value is -1.10. The second kappa shape index (κ2) is 4.53. The number of H-pyrrole nitrogens is 1. The third kappa shape index (κ3) is 2.11. The zero-order valence-corrected chi connectivity index (χ0v) is 12.0. The van der Waals surface area contributed by atoms with Crippen LogP contribution in [0.1, 0.15) is 0 Å². The second-order valence-corrected chi connectivity index (χ2v) is 5.46. The van der Waals surface area contributed by atoms with Crippen LogP contribution in [0.2, 0.25) is 10.0 Å². The summed E-state index contributed by atoms with van der Waals surface area (Å²) in [5.74, 6) is 0.691. The lowest BCUT2D eigenvalue weighted by Crippen LogP contribution is -1.84. The number of nitrogens with zero attached hydrogens (tertiary/aromatic N) is 2. The number of rotatable bonds is 1. The van der Waals surface area contributed by atoms with Crippen LogP contribution in [-0.4, -0.2) is 15.0 Å². The van der Waals surface area contributed by atoms with Crippen molar-refractivity contribution in [2.45, 2.75) is 0 Å². The predicted octanol–water partition coefficient (Wildman–Crippen LogP) is 4.69. The molecule has 0 spiro atoms. The monoisotopic (exact) mass is 341 g/mol. The number of aromatic nitrogens is 3. The number of pyridine rings is 1. The first-order valence-electron chi connectivity index (χ1n) is 5.10. The minimum atomic E-state index is 0.492. The van der Waals surface area contributed by atoms with E-state index in [0.29, 0.717) is 15.9 Å². The Balaban J connectivity index is 2.16. The van der Waals surface area contributed by atoms with Crippen LogP contribution in [-0.2, 0) is 0 Å². The van der Waals surface area contributed by atoms with Crippen LogP contribution in [0.15, 0.2) is 34.9 Å². The van der Waals surface area contributed by atoms with Crippen molar-refractivity contribution in [3.63, 3.8) is 0 Å². The van der Waals surface area contributed by atoms with Gasteiger partial charge < -0.3 is 4.98 Å². The van der Waals surface area contributed by atoms with Crippen molar-refractivity contribution in [2.24, 2.45) is 0 Å². The maximum absolute atomic E-state index is 5.96. The van der Waals surface area contributed by atoms with Crippen molar-refractivity contribution in [3.8, 4) is 11.5 Å². The van der Waals surface area contributed by atoms with E-state index in [1.165, 1.54) is 0 Å². The SMILES string of the molecule is Clc1cc2nc(-c3ccc(Br)cn3)[nH]c2cc1Cl. The van der Waals surface area contributed by atoms with E-state index in [-0.39, 0.29) is 0 Å². The van der Waals surface area contributed by atoms with Crippen molar-refractivity contribution in [1.29, 1.82) is 0 Å². The molecule has 0 aliphatic heterocycles. The highest BCUT2D eigenvalue weighted by Crippen LogP contribution is 2.28. The maximum Gasteiger partial charge on any atom is 0.157 e. The molecule has 1 aromatic carbocycles. The average molecular weight is 343 g/mol. The molecule has 3 rings (SSSR count). The molecule has 2 heterocycles. The molecule has 0 fully saturated rings. The molecule has 90 valence electrons. The van der Waals surface area contributed by atoms with E-state index < -0.39 is 0 Å². The number of hydrogen-bond acceptors (Lipinski definition) is 2. The highest BCUT2D eigenvalue weighted by Gasteiger charge is 2.08. The van der Waals surface area contributed by atoms with Gasteiger partial charge in [0.05, 0.1) is 21.1 Å². The fourth-order valence-corrected chi connectivity index (χ4v) is 2.20. The highest BCUT2D eigenvalue weighted by atomic mass is 79.9. The molecular weight excluding hydrogens is 337 g/mol. The van der Waals surface area contributed by atoms with Crippen LogP contribution >= 0.6 is 39.1 Å². The average Bonchev–Trinajstić information content (AvgIpc) is 2.73. The Bertz CT molecular complexity index is 683. The number of halogens is 3. The number of fused-ring (bicyclic) bond motifs is 1. The van der Waals surface area contributed by atoms with E-state index in [1.54, 1.807) is 18.3 Å². The van der Waals surface area contributed by atoms with E-state index in [9.17, 15) is 0 Å². The summed E-state index contributed by atoms with van der Waals surface area (Å²) in [6.07, 6.45) is 1.72. The number of hydrogen-bond donors (Lipinski definition) is 1. The first kappa shape index (κ1) is 12.0. The van der Waals surface area contributed by atoms with Gasteiger partial charge in [0.25, 0.3) is 0 Å². The molecule has 0 unspecified atom stereocenters. The molecule has 3 aromatic rings. The van der Waals surface area contributed by atoms with Crippen molar-refractivity contribution in [2.75, 3.05) is 0 Å². The third-order valence-electron chi connectivity index (χ3n) is 2.49. The molecule has 0 atom stereocenters. The van der Waals surface area contributed by atoms with E-state index in [0.717, 1.165) is 21.2 Å². The predicted molar refractivity (Wildman–Crippen MR) is 77.0 cm³/mol. The zero-order valence-electron chi connectivity index (χ0n) is 8.92. The minimum Gasteiger partial charge on any atom is -0.337 e. The normalized spacial score (nSPS) is 11.1. The fraction of sp³-hybridized carbons (Fsp3) is 0. The van der Waals surface area contributed by atoms with Crippen LogP contribution in [0, 0.1) is 0 Å². The third-order valence-corrected chi connectivity index (χ3v) is 3.69. The van der Waals surface area contributed by atoms with Crippen molar-refractivity contribution < 1.29 is 0 Å². The second-order valence-electron chi connectivity index (χ2n) is 3.73. The molecule has 2 aromatic heterocycles. The van der Waals surface area contributed by atoms with Crippen LogP contribution in [0.4, 0.5) is 0 Å². The Morgan fingerprint density at radius 3 is 2.61 bits per heavy atom. The van der Waals surface area contributed by atoms with Crippen LogP contribution in [0.5, 0.6) is 0 Å². The molecule has 0 aliphatic carbocycles. The number of imidazole rings is 1. The first-order valence-corrected chi connectivity index (χ1v) is 6.65. The highest BCUT2D eigenvalue weighted by molar-refractivity contribution is 9.10. The summed E-state index contributed by atoms with van der Waals surface area (Å²) in [6.45, 7) is 0. The molecule has 1 N–H and O–H groups in total. The Labute approximate surface area is 121 Å².